The number of rotatable bonds is 3. The van der Waals surface area contributed by atoms with E-state index in [0.717, 1.165) is 0 Å². The number of hydrogen-bond acceptors (Lipinski definition) is 4. The minimum absolute atomic E-state index is 0.0138. The molecular weight excluding hydrogens is 244 g/mol. The van der Waals surface area contributed by atoms with Gasteiger partial charge >= 0.3 is 0 Å². The van der Waals surface area contributed by atoms with E-state index in [-0.39, 0.29) is 28.6 Å². The van der Waals surface area contributed by atoms with Crippen molar-refractivity contribution in [2.75, 3.05) is 20.0 Å². The molecule has 0 saturated heterocycles. The molecule has 3 N–H and O–H groups in total. The van der Waals surface area contributed by atoms with E-state index >= 15 is 0 Å². The standard InChI is InChI=1S/C11H11F2N3O2/c1-17-10-6(13)3-5(12)9(11(10)18-2)7-4-8(14)16-15-7/h3-4H,1-2H3,(H3,14,15,16). The highest BCUT2D eigenvalue weighted by Crippen LogP contribution is 2.41. The van der Waals surface area contributed by atoms with Crippen LogP contribution in [-0.4, -0.2) is 24.4 Å². The molecule has 0 aliphatic heterocycles. The Balaban J connectivity index is 2.73. The van der Waals surface area contributed by atoms with Crippen molar-refractivity contribution in [3.8, 4) is 22.8 Å². The van der Waals surface area contributed by atoms with Crippen molar-refractivity contribution in [2.24, 2.45) is 0 Å². The second kappa shape index (κ2) is 4.52. The number of halogens is 2. The Bertz CT molecular complexity index is 584. The van der Waals surface area contributed by atoms with Crippen molar-refractivity contribution in [1.82, 2.24) is 10.2 Å². The Hall–Kier alpha value is -2.31. The van der Waals surface area contributed by atoms with Gasteiger partial charge in [-0.25, -0.2) is 8.78 Å². The molecule has 2 rings (SSSR count). The normalized spacial score (nSPS) is 10.4. The minimum Gasteiger partial charge on any atom is -0.492 e. The van der Waals surface area contributed by atoms with E-state index in [1.165, 1.54) is 20.3 Å². The average molecular weight is 255 g/mol. The first kappa shape index (κ1) is 12.2. The van der Waals surface area contributed by atoms with E-state index in [2.05, 4.69) is 10.2 Å². The van der Waals surface area contributed by atoms with Crippen molar-refractivity contribution in [1.29, 1.82) is 0 Å². The maximum Gasteiger partial charge on any atom is 0.197 e. The highest BCUT2D eigenvalue weighted by Gasteiger charge is 2.22. The van der Waals surface area contributed by atoms with Crippen molar-refractivity contribution in [3.05, 3.63) is 23.8 Å². The average Bonchev–Trinajstić information content (AvgIpc) is 2.74. The zero-order chi connectivity index (χ0) is 13.3. The summed E-state index contributed by atoms with van der Waals surface area (Å²) in [5.74, 6) is -1.69. The number of methoxy groups -OCH3 is 2. The SMILES string of the molecule is COc1c(F)cc(F)c(-c2cc(N)n[nH]2)c1OC. The Morgan fingerprint density at radius 1 is 1.11 bits per heavy atom. The number of aromatic amines is 1. The monoisotopic (exact) mass is 255 g/mol. The first-order valence-corrected chi connectivity index (χ1v) is 4.99. The predicted molar refractivity (Wildman–Crippen MR) is 61.5 cm³/mol. The lowest BCUT2D eigenvalue weighted by molar-refractivity contribution is 0.335. The first-order valence-electron chi connectivity index (χ1n) is 4.99. The Morgan fingerprint density at radius 3 is 2.28 bits per heavy atom. The van der Waals surface area contributed by atoms with Crippen molar-refractivity contribution in [2.45, 2.75) is 0 Å². The molecule has 0 amide bonds. The number of hydrogen-bond donors (Lipinski definition) is 2. The number of nitrogens with zero attached hydrogens (tertiary/aromatic N) is 1. The quantitative estimate of drug-likeness (QED) is 0.879. The molecule has 1 aromatic heterocycles. The molecule has 0 fully saturated rings. The van der Waals surface area contributed by atoms with Gasteiger partial charge in [-0.05, 0) is 0 Å². The molecule has 0 saturated carbocycles. The van der Waals surface area contributed by atoms with E-state index in [1.54, 1.807) is 0 Å². The third-order valence-corrected chi connectivity index (χ3v) is 2.42. The van der Waals surface area contributed by atoms with Crippen LogP contribution in [0, 0.1) is 11.6 Å². The first-order chi connectivity index (χ1) is 8.58. The van der Waals surface area contributed by atoms with Gasteiger partial charge in [-0.3, -0.25) is 5.10 Å². The fraction of sp³-hybridized carbons (Fsp3) is 0.182. The molecule has 96 valence electrons. The Morgan fingerprint density at radius 2 is 1.78 bits per heavy atom. The summed E-state index contributed by atoms with van der Waals surface area (Å²) >= 11 is 0. The molecule has 0 unspecified atom stereocenters. The molecule has 5 nitrogen and oxygen atoms in total. The lowest BCUT2D eigenvalue weighted by Gasteiger charge is -2.13. The van der Waals surface area contributed by atoms with Crippen molar-refractivity contribution < 1.29 is 18.3 Å². The second-order valence-electron chi connectivity index (χ2n) is 3.49. The van der Waals surface area contributed by atoms with Gasteiger partial charge in [0.25, 0.3) is 0 Å². The molecule has 0 bridgehead atoms. The number of nitrogens with one attached hydrogen (secondary N) is 1. The smallest absolute Gasteiger partial charge is 0.197 e. The van der Waals surface area contributed by atoms with Gasteiger partial charge in [-0.1, -0.05) is 0 Å². The summed E-state index contributed by atoms with van der Waals surface area (Å²) in [6, 6.07) is 2.13. The topological polar surface area (TPSA) is 73.2 Å². The summed E-state index contributed by atoms with van der Waals surface area (Å²) in [5, 5.41) is 6.22. The maximum atomic E-state index is 13.8. The van der Waals surface area contributed by atoms with Gasteiger partial charge in [0.15, 0.2) is 17.3 Å². The van der Waals surface area contributed by atoms with E-state index in [9.17, 15) is 8.78 Å². The largest absolute Gasteiger partial charge is 0.492 e. The fourth-order valence-corrected chi connectivity index (χ4v) is 1.68. The number of aromatic nitrogens is 2. The number of anilines is 1. The molecule has 0 aliphatic rings. The number of ether oxygens (including phenoxy) is 2. The van der Waals surface area contributed by atoms with Gasteiger partial charge in [0.2, 0.25) is 0 Å². The van der Waals surface area contributed by atoms with Crippen LogP contribution >= 0.6 is 0 Å². The van der Waals surface area contributed by atoms with Crippen molar-refractivity contribution in [3.63, 3.8) is 0 Å². The lowest BCUT2D eigenvalue weighted by Crippen LogP contribution is -1.99. The molecule has 1 aromatic carbocycles. The van der Waals surface area contributed by atoms with Crippen LogP contribution < -0.4 is 15.2 Å². The Labute approximate surface area is 102 Å². The summed E-state index contributed by atoms with van der Waals surface area (Å²) in [7, 11) is 2.56. The van der Waals surface area contributed by atoms with Crippen LogP contribution in [0.5, 0.6) is 11.5 Å². The van der Waals surface area contributed by atoms with Crippen LogP contribution in [0.25, 0.3) is 11.3 Å². The summed E-state index contributed by atoms with van der Waals surface area (Å²) in [6.45, 7) is 0. The van der Waals surface area contributed by atoms with Gasteiger partial charge < -0.3 is 15.2 Å². The maximum absolute atomic E-state index is 13.8. The van der Waals surface area contributed by atoms with Gasteiger partial charge in [-0.2, -0.15) is 5.10 Å². The molecule has 1 heterocycles. The molecule has 0 atom stereocenters. The second-order valence-corrected chi connectivity index (χ2v) is 3.49. The number of nitrogens with two attached hydrogens (primary N) is 1. The summed E-state index contributed by atoms with van der Waals surface area (Å²) in [4.78, 5) is 0. The van der Waals surface area contributed by atoms with Crippen LogP contribution in [0.1, 0.15) is 0 Å². The molecule has 2 aromatic rings. The highest BCUT2D eigenvalue weighted by molar-refractivity contribution is 5.73. The van der Waals surface area contributed by atoms with Crippen LogP contribution in [0.3, 0.4) is 0 Å². The van der Waals surface area contributed by atoms with Gasteiger partial charge in [-0.15, -0.1) is 0 Å². The lowest BCUT2D eigenvalue weighted by atomic mass is 10.1. The molecule has 0 radical (unpaired) electrons. The third kappa shape index (κ3) is 1.83. The van der Waals surface area contributed by atoms with Gasteiger partial charge in [0, 0.05) is 12.1 Å². The van der Waals surface area contributed by atoms with E-state index in [1.807, 2.05) is 0 Å². The number of nitrogen functional groups attached to an aromatic ring is 1. The molecular formula is C11H11F2N3O2. The third-order valence-electron chi connectivity index (χ3n) is 2.42. The Kier molecular flexibility index (Phi) is 3.05. The highest BCUT2D eigenvalue weighted by atomic mass is 19.1. The summed E-state index contributed by atoms with van der Waals surface area (Å²) < 4.78 is 37.2. The molecule has 0 aliphatic carbocycles. The summed E-state index contributed by atoms with van der Waals surface area (Å²) in [5.41, 5.74) is 5.74. The van der Waals surface area contributed by atoms with Crippen LogP contribution in [0.4, 0.5) is 14.6 Å². The molecule has 18 heavy (non-hydrogen) atoms. The van der Waals surface area contributed by atoms with E-state index < -0.39 is 11.6 Å². The van der Waals surface area contributed by atoms with Crippen LogP contribution in [-0.2, 0) is 0 Å². The number of benzene rings is 1. The predicted octanol–water partition coefficient (Wildman–Crippen LogP) is 1.95. The van der Waals surface area contributed by atoms with Crippen molar-refractivity contribution >= 4 is 5.82 Å². The number of H-pyrrole nitrogens is 1. The van der Waals surface area contributed by atoms with E-state index in [4.69, 9.17) is 15.2 Å². The zero-order valence-corrected chi connectivity index (χ0v) is 9.75. The zero-order valence-electron chi connectivity index (χ0n) is 9.75. The fourth-order valence-electron chi connectivity index (χ4n) is 1.68. The van der Waals surface area contributed by atoms with Crippen LogP contribution in [0.15, 0.2) is 12.1 Å². The minimum atomic E-state index is -0.844. The molecule has 0 spiro atoms. The van der Waals surface area contributed by atoms with Gasteiger partial charge in [0.05, 0.1) is 25.5 Å². The van der Waals surface area contributed by atoms with Gasteiger partial charge in [0.1, 0.15) is 11.6 Å². The molecule has 7 heteroatoms. The van der Waals surface area contributed by atoms with Crippen LogP contribution in [0.2, 0.25) is 0 Å². The summed E-state index contributed by atoms with van der Waals surface area (Å²) in [6.07, 6.45) is 0. The van der Waals surface area contributed by atoms with E-state index in [0.29, 0.717) is 6.07 Å².